The average Bonchev–Trinajstić information content (AvgIpc) is 3.09. The van der Waals surface area contributed by atoms with Crippen molar-refractivity contribution < 1.29 is 19.1 Å². The Kier molecular flexibility index (Phi) is 8.95. The van der Waals surface area contributed by atoms with E-state index < -0.39 is 17.8 Å². The molecule has 0 N–H and O–H groups in total. The van der Waals surface area contributed by atoms with Crippen LogP contribution >= 0.6 is 11.6 Å². The monoisotopic (exact) mass is 642 g/mol. The van der Waals surface area contributed by atoms with Gasteiger partial charge in [-0.15, -0.1) is 0 Å². The van der Waals surface area contributed by atoms with Crippen molar-refractivity contribution in [2.75, 3.05) is 31.0 Å². The summed E-state index contributed by atoms with van der Waals surface area (Å²) in [5, 5.41) is 3.74. The number of esters is 1. The van der Waals surface area contributed by atoms with Gasteiger partial charge >= 0.3 is 5.97 Å². The molecule has 47 heavy (non-hydrogen) atoms. The number of anilines is 2. The number of rotatable bonds is 8. The van der Waals surface area contributed by atoms with Crippen LogP contribution < -0.4 is 9.80 Å². The van der Waals surface area contributed by atoms with Crippen molar-refractivity contribution in [1.82, 2.24) is 9.97 Å². The molecule has 8 nitrogen and oxygen atoms in total. The molecular formula is C38H31ClN4O4. The highest BCUT2D eigenvalue weighted by atomic mass is 35.5. The summed E-state index contributed by atoms with van der Waals surface area (Å²) >= 11 is 6.51. The Morgan fingerprint density at radius 1 is 0.745 bits per heavy atom. The topological polar surface area (TPSA) is 92.7 Å². The van der Waals surface area contributed by atoms with Crippen LogP contribution in [0.4, 0.5) is 11.5 Å². The number of carbonyl (C=O) groups is 3. The Balaban J connectivity index is 1.36. The van der Waals surface area contributed by atoms with Gasteiger partial charge in [0.15, 0.2) is 0 Å². The van der Waals surface area contributed by atoms with Crippen molar-refractivity contribution in [1.29, 1.82) is 0 Å². The van der Waals surface area contributed by atoms with Crippen molar-refractivity contribution in [2.24, 2.45) is 0 Å². The van der Waals surface area contributed by atoms with Crippen LogP contribution in [0.3, 0.4) is 0 Å². The van der Waals surface area contributed by atoms with Gasteiger partial charge in [-0.2, -0.15) is 0 Å². The standard InChI is InChI=1S/C38H31ClN4O4/c1-42(2)36-32(23-34(44)47-3)35(39)40-33(41-36)21-24-15-19-29(20-16-24)43(37(45)28-18-17-25-9-4-5-11-27(25)22-28)38(46)31-14-8-12-26-10-6-7-13-30(26)31/h4-20,22H,21,23H2,1-3H3. The predicted octanol–water partition coefficient (Wildman–Crippen LogP) is 7.30. The number of fused-ring (bicyclic) bond motifs is 2. The maximum Gasteiger partial charge on any atom is 0.310 e. The SMILES string of the molecule is COC(=O)Cc1c(Cl)nc(Cc2ccc(N(C(=O)c3ccc4ccccc4c3)C(=O)c3cccc4ccccc34)cc2)nc1N(C)C. The number of nitrogens with zero attached hydrogens (tertiary/aromatic N) is 4. The molecule has 0 saturated heterocycles. The largest absolute Gasteiger partial charge is 0.469 e. The van der Waals surface area contributed by atoms with E-state index in [9.17, 15) is 14.4 Å². The second-order valence-electron chi connectivity index (χ2n) is 11.3. The molecule has 0 bridgehead atoms. The van der Waals surface area contributed by atoms with Crippen LogP contribution in [-0.2, 0) is 22.4 Å². The van der Waals surface area contributed by atoms with Gasteiger partial charge in [0.25, 0.3) is 11.8 Å². The fraction of sp³-hybridized carbons (Fsp3) is 0.132. The van der Waals surface area contributed by atoms with Gasteiger partial charge in [-0.3, -0.25) is 14.4 Å². The van der Waals surface area contributed by atoms with Gasteiger partial charge in [0.05, 0.1) is 19.2 Å². The van der Waals surface area contributed by atoms with Gasteiger partial charge in [0.2, 0.25) is 0 Å². The van der Waals surface area contributed by atoms with E-state index in [-0.39, 0.29) is 11.6 Å². The third-order valence-corrected chi connectivity index (χ3v) is 8.25. The molecule has 0 unspecified atom stereocenters. The molecule has 9 heteroatoms. The fourth-order valence-corrected chi connectivity index (χ4v) is 5.81. The van der Waals surface area contributed by atoms with Crippen molar-refractivity contribution in [2.45, 2.75) is 12.8 Å². The minimum absolute atomic E-state index is 0.0520. The van der Waals surface area contributed by atoms with E-state index in [4.69, 9.17) is 16.3 Å². The van der Waals surface area contributed by atoms with Gasteiger partial charge in [-0.25, -0.2) is 14.9 Å². The lowest BCUT2D eigenvalue weighted by atomic mass is 10.0. The van der Waals surface area contributed by atoms with Crippen molar-refractivity contribution in [3.8, 4) is 0 Å². The molecular weight excluding hydrogens is 612 g/mol. The summed E-state index contributed by atoms with van der Waals surface area (Å²) < 4.78 is 4.81. The Hall–Kier alpha value is -5.60. The minimum Gasteiger partial charge on any atom is -0.469 e. The molecule has 6 rings (SSSR count). The lowest BCUT2D eigenvalue weighted by molar-refractivity contribution is -0.139. The lowest BCUT2D eigenvalue weighted by Crippen LogP contribution is -2.37. The Bertz CT molecular complexity index is 2140. The Morgan fingerprint density at radius 2 is 1.43 bits per heavy atom. The number of methoxy groups -OCH3 is 1. The number of carbonyl (C=O) groups excluding carboxylic acids is 3. The summed E-state index contributed by atoms with van der Waals surface area (Å²) in [6.45, 7) is 0. The van der Waals surface area contributed by atoms with Crippen LogP contribution in [0, 0.1) is 0 Å². The highest BCUT2D eigenvalue weighted by molar-refractivity contribution is 6.30. The van der Waals surface area contributed by atoms with E-state index in [1.807, 2.05) is 99.0 Å². The van der Waals surface area contributed by atoms with Crippen LogP contribution in [-0.4, -0.2) is 49.0 Å². The third-order valence-electron chi connectivity index (χ3n) is 7.93. The molecule has 234 valence electrons. The Morgan fingerprint density at radius 3 is 2.15 bits per heavy atom. The number of hydrogen-bond donors (Lipinski definition) is 0. The fourth-order valence-electron chi connectivity index (χ4n) is 5.56. The predicted molar refractivity (Wildman–Crippen MR) is 185 cm³/mol. The van der Waals surface area contributed by atoms with Crippen molar-refractivity contribution in [3.05, 3.63) is 142 Å². The minimum atomic E-state index is -0.442. The van der Waals surface area contributed by atoms with E-state index >= 15 is 0 Å². The maximum atomic E-state index is 14.3. The molecule has 0 atom stereocenters. The zero-order valence-electron chi connectivity index (χ0n) is 26.1. The first-order valence-electron chi connectivity index (χ1n) is 15.0. The number of hydrogen-bond acceptors (Lipinski definition) is 7. The molecule has 0 aliphatic heterocycles. The lowest BCUT2D eigenvalue weighted by Gasteiger charge is -2.23. The highest BCUT2D eigenvalue weighted by Crippen LogP contribution is 2.28. The van der Waals surface area contributed by atoms with Gasteiger partial charge < -0.3 is 9.64 Å². The van der Waals surface area contributed by atoms with E-state index in [0.717, 1.165) is 27.1 Å². The summed E-state index contributed by atoms with van der Waals surface area (Å²) in [5.74, 6) is -0.332. The van der Waals surface area contributed by atoms with Gasteiger partial charge in [-0.1, -0.05) is 90.5 Å². The first-order chi connectivity index (χ1) is 22.7. The number of amides is 2. The van der Waals surface area contributed by atoms with Crippen LogP contribution in [0.5, 0.6) is 0 Å². The number of aromatic nitrogens is 2. The molecule has 0 spiro atoms. The van der Waals surface area contributed by atoms with Crippen LogP contribution in [0.25, 0.3) is 21.5 Å². The van der Waals surface area contributed by atoms with Crippen molar-refractivity contribution >= 4 is 62.4 Å². The number of imide groups is 1. The Labute approximate surface area is 277 Å². The van der Waals surface area contributed by atoms with Crippen LogP contribution in [0.2, 0.25) is 5.15 Å². The summed E-state index contributed by atoms with van der Waals surface area (Å²) in [6.07, 6.45) is 0.277. The van der Waals surface area contributed by atoms with Gasteiger partial charge in [0.1, 0.15) is 16.8 Å². The number of ether oxygens (including phenoxy) is 1. The molecule has 6 aromatic rings. The maximum absolute atomic E-state index is 14.3. The molecule has 0 aliphatic rings. The zero-order chi connectivity index (χ0) is 33.1. The second kappa shape index (κ2) is 13.4. The molecule has 0 radical (unpaired) electrons. The average molecular weight is 643 g/mol. The summed E-state index contributed by atoms with van der Waals surface area (Å²) in [4.78, 5) is 52.6. The number of benzene rings is 5. The molecule has 2 amide bonds. The van der Waals surface area contributed by atoms with E-state index in [2.05, 4.69) is 9.97 Å². The van der Waals surface area contributed by atoms with E-state index in [1.54, 1.807) is 29.2 Å². The summed E-state index contributed by atoms with van der Waals surface area (Å²) in [6, 6.07) is 33.5. The van der Waals surface area contributed by atoms with E-state index in [0.29, 0.717) is 40.4 Å². The number of halogens is 1. The molecule has 1 heterocycles. The smallest absolute Gasteiger partial charge is 0.310 e. The zero-order valence-corrected chi connectivity index (χ0v) is 26.9. The summed E-state index contributed by atoms with van der Waals surface area (Å²) in [5.41, 5.74) is 2.56. The van der Waals surface area contributed by atoms with Crippen LogP contribution in [0.15, 0.2) is 109 Å². The molecule has 0 aliphatic carbocycles. The highest BCUT2D eigenvalue weighted by Gasteiger charge is 2.28. The second-order valence-corrected chi connectivity index (χ2v) is 11.6. The van der Waals surface area contributed by atoms with Gasteiger partial charge in [0, 0.05) is 37.2 Å². The molecule has 0 fully saturated rings. The van der Waals surface area contributed by atoms with E-state index in [1.165, 1.54) is 12.0 Å². The molecule has 0 saturated carbocycles. The normalized spacial score (nSPS) is 11.0. The quantitative estimate of drug-likeness (QED) is 0.0977. The van der Waals surface area contributed by atoms with Gasteiger partial charge in [-0.05, 0) is 57.4 Å². The third kappa shape index (κ3) is 6.55. The first-order valence-corrected chi connectivity index (χ1v) is 15.3. The molecule has 5 aromatic carbocycles. The molecule has 1 aromatic heterocycles. The van der Waals surface area contributed by atoms with Crippen LogP contribution in [0.1, 0.15) is 37.7 Å². The van der Waals surface area contributed by atoms with Crippen molar-refractivity contribution in [3.63, 3.8) is 0 Å². The first kappa shape index (κ1) is 31.4. The summed E-state index contributed by atoms with van der Waals surface area (Å²) in [7, 11) is 4.94.